The number of rotatable bonds is 11. The van der Waals surface area contributed by atoms with Crippen LogP contribution in [0.3, 0.4) is 0 Å². The van der Waals surface area contributed by atoms with E-state index in [1.54, 1.807) is 13.0 Å². The molecule has 0 saturated carbocycles. The average Bonchev–Trinajstić information content (AvgIpc) is 2.64. The molecule has 0 saturated heterocycles. The number of amides is 2. The van der Waals surface area contributed by atoms with Gasteiger partial charge in [0.15, 0.2) is 0 Å². The topological polar surface area (TPSA) is 126 Å². The van der Waals surface area contributed by atoms with Crippen molar-refractivity contribution >= 4 is 18.5 Å². The average molecular weight is 423 g/mol. The molecule has 0 unspecified atom stereocenters. The summed E-state index contributed by atoms with van der Waals surface area (Å²) in [6.07, 6.45) is -1.12. The predicted molar refractivity (Wildman–Crippen MR) is 109 cm³/mol. The Morgan fingerprint density at radius 2 is 1.60 bits per heavy atom. The van der Waals surface area contributed by atoms with Gasteiger partial charge in [0.25, 0.3) is 0 Å². The number of carbonyl (C=O) groups excluding carboxylic acids is 3. The number of carboxylic acid groups (broad SMARTS) is 1. The molecule has 0 atom stereocenters. The molecule has 0 aliphatic rings. The fraction of sp³-hybridized carbons (Fsp3) is 0.571. The van der Waals surface area contributed by atoms with Gasteiger partial charge in [0.1, 0.15) is 18.1 Å². The van der Waals surface area contributed by atoms with Gasteiger partial charge in [-0.15, -0.1) is 0 Å². The van der Waals surface area contributed by atoms with Gasteiger partial charge < -0.3 is 34.7 Å². The number of hydrogen-bond donors (Lipinski definition) is 2. The summed E-state index contributed by atoms with van der Waals surface area (Å²) in [4.78, 5) is 33.8. The summed E-state index contributed by atoms with van der Waals surface area (Å²) in [5.74, 6) is 0.447. The van der Waals surface area contributed by atoms with Gasteiger partial charge in [-0.05, 0) is 42.0 Å². The summed E-state index contributed by atoms with van der Waals surface area (Å²) in [6, 6.07) is 1.73. The first kappa shape index (κ1) is 25.4. The lowest BCUT2D eigenvalue weighted by Gasteiger charge is -2.26. The van der Waals surface area contributed by atoms with Crippen LogP contribution in [-0.4, -0.2) is 58.0 Å². The van der Waals surface area contributed by atoms with E-state index >= 15 is 0 Å². The Morgan fingerprint density at radius 1 is 1.03 bits per heavy atom. The fourth-order valence-electron chi connectivity index (χ4n) is 3.14. The van der Waals surface area contributed by atoms with Crippen molar-refractivity contribution in [1.29, 1.82) is 0 Å². The summed E-state index contributed by atoms with van der Waals surface area (Å²) in [6.45, 7) is 11.1. The molecule has 1 aromatic carbocycles. The van der Waals surface area contributed by atoms with E-state index in [2.05, 4.69) is 10.6 Å². The van der Waals surface area contributed by atoms with Crippen LogP contribution in [0.1, 0.15) is 47.8 Å². The lowest BCUT2D eigenvalue weighted by atomic mass is 9.80. The van der Waals surface area contributed by atoms with E-state index in [1.807, 2.05) is 27.7 Å². The SMILES string of the molecule is Cc1cc(C=O)c(C(C)(C)C)c(C)c1OC(=O)NCCOCCOCCNC(=O)[O-]. The summed E-state index contributed by atoms with van der Waals surface area (Å²) < 4.78 is 16.0. The second kappa shape index (κ2) is 12.1. The molecule has 9 nitrogen and oxygen atoms in total. The highest BCUT2D eigenvalue weighted by atomic mass is 16.6. The zero-order valence-corrected chi connectivity index (χ0v) is 18.3. The molecule has 1 rings (SSSR count). The standard InChI is InChI=1S/C21H32N2O7/c1-14-12-16(13-24)17(21(3,4)5)15(2)18(14)30-20(27)23-7-9-29-11-10-28-8-6-22-19(25)26/h12-13,22H,6-11H2,1-5H3,(H,23,27)(H,25,26)/p-1. The third-order valence-electron chi connectivity index (χ3n) is 4.21. The van der Waals surface area contributed by atoms with Gasteiger partial charge in [-0.25, -0.2) is 4.79 Å². The lowest BCUT2D eigenvalue weighted by molar-refractivity contribution is -0.250. The van der Waals surface area contributed by atoms with Gasteiger partial charge in [-0.1, -0.05) is 20.8 Å². The largest absolute Gasteiger partial charge is 0.530 e. The Bertz CT molecular complexity index is 742. The van der Waals surface area contributed by atoms with Gasteiger partial charge >= 0.3 is 6.09 Å². The third kappa shape index (κ3) is 8.38. The van der Waals surface area contributed by atoms with Crippen LogP contribution in [0, 0.1) is 13.8 Å². The molecule has 2 N–H and O–H groups in total. The minimum atomic E-state index is -1.34. The Kier molecular flexibility index (Phi) is 10.3. The van der Waals surface area contributed by atoms with Crippen molar-refractivity contribution in [3.8, 4) is 5.75 Å². The Balaban J connectivity index is 2.44. The quantitative estimate of drug-likeness (QED) is 0.408. The zero-order chi connectivity index (χ0) is 22.7. The smallest absolute Gasteiger partial charge is 0.412 e. The van der Waals surface area contributed by atoms with Crippen molar-refractivity contribution in [3.63, 3.8) is 0 Å². The van der Waals surface area contributed by atoms with Crippen molar-refractivity contribution in [3.05, 3.63) is 28.3 Å². The van der Waals surface area contributed by atoms with Crippen molar-refractivity contribution < 1.29 is 33.7 Å². The van der Waals surface area contributed by atoms with Crippen LogP contribution in [0.5, 0.6) is 5.75 Å². The summed E-state index contributed by atoms with van der Waals surface area (Å²) in [7, 11) is 0. The number of benzene rings is 1. The molecular weight excluding hydrogens is 392 g/mol. The molecule has 0 aliphatic carbocycles. The molecule has 0 aromatic heterocycles. The highest BCUT2D eigenvalue weighted by molar-refractivity contribution is 5.81. The number of aldehydes is 1. The van der Waals surface area contributed by atoms with Crippen molar-refractivity contribution in [1.82, 2.24) is 10.6 Å². The Hall–Kier alpha value is -2.65. The van der Waals surface area contributed by atoms with Gasteiger partial charge in [0.2, 0.25) is 0 Å². The summed E-state index contributed by atoms with van der Waals surface area (Å²) >= 11 is 0. The van der Waals surface area contributed by atoms with Crippen LogP contribution >= 0.6 is 0 Å². The maximum absolute atomic E-state index is 12.2. The van der Waals surface area contributed by atoms with Crippen molar-refractivity contribution in [2.24, 2.45) is 0 Å². The van der Waals surface area contributed by atoms with E-state index in [-0.39, 0.29) is 31.7 Å². The number of nitrogens with one attached hydrogen (secondary N) is 2. The van der Waals surface area contributed by atoms with E-state index in [0.717, 1.165) is 17.4 Å². The fourth-order valence-corrected chi connectivity index (χ4v) is 3.14. The minimum Gasteiger partial charge on any atom is -0.530 e. The molecule has 2 amide bonds. The maximum Gasteiger partial charge on any atom is 0.412 e. The van der Waals surface area contributed by atoms with Crippen LogP contribution in [0.2, 0.25) is 0 Å². The van der Waals surface area contributed by atoms with E-state index < -0.39 is 12.2 Å². The number of hydrogen-bond acceptors (Lipinski definition) is 7. The number of ether oxygens (including phenoxy) is 3. The molecule has 1 aromatic rings. The van der Waals surface area contributed by atoms with E-state index in [1.165, 1.54) is 0 Å². The highest BCUT2D eigenvalue weighted by Gasteiger charge is 2.25. The molecule has 0 radical (unpaired) electrons. The van der Waals surface area contributed by atoms with E-state index in [0.29, 0.717) is 30.1 Å². The molecule has 0 heterocycles. The second-order valence-electron chi connectivity index (χ2n) is 7.73. The van der Waals surface area contributed by atoms with Crippen LogP contribution in [0.25, 0.3) is 0 Å². The molecule has 9 heteroatoms. The molecule has 0 spiro atoms. The lowest BCUT2D eigenvalue weighted by Crippen LogP contribution is -2.38. The van der Waals surface area contributed by atoms with E-state index in [4.69, 9.17) is 14.2 Å². The first-order valence-electron chi connectivity index (χ1n) is 9.73. The van der Waals surface area contributed by atoms with Gasteiger partial charge in [-0.3, -0.25) is 4.79 Å². The van der Waals surface area contributed by atoms with Crippen molar-refractivity contribution in [2.75, 3.05) is 39.5 Å². The first-order chi connectivity index (χ1) is 14.1. The van der Waals surface area contributed by atoms with Crippen LogP contribution in [-0.2, 0) is 14.9 Å². The number of aryl methyl sites for hydroxylation is 1. The molecule has 30 heavy (non-hydrogen) atoms. The normalized spacial score (nSPS) is 11.1. The summed E-state index contributed by atoms with van der Waals surface area (Å²) in [5.41, 5.74) is 2.64. The first-order valence-corrected chi connectivity index (χ1v) is 9.73. The second-order valence-corrected chi connectivity index (χ2v) is 7.73. The third-order valence-corrected chi connectivity index (χ3v) is 4.21. The van der Waals surface area contributed by atoms with Crippen molar-refractivity contribution in [2.45, 2.75) is 40.0 Å². The highest BCUT2D eigenvalue weighted by Crippen LogP contribution is 2.36. The predicted octanol–water partition coefficient (Wildman–Crippen LogP) is 1.47. The number of carbonyl (C=O) groups is 3. The summed E-state index contributed by atoms with van der Waals surface area (Å²) in [5, 5.41) is 14.8. The Morgan fingerprint density at radius 3 is 2.10 bits per heavy atom. The molecule has 0 bridgehead atoms. The molecule has 0 aliphatic heterocycles. The molecule has 168 valence electrons. The minimum absolute atomic E-state index is 0.152. The van der Waals surface area contributed by atoms with Crippen LogP contribution in [0.4, 0.5) is 9.59 Å². The van der Waals surface area contributed by atoms with Crippen LogP contribution in [0.15, 0.2) is 6.07 Å². The molecule has 0 fully saturated rings. The van der Waals surface area contributed by atoms with E-state index in [9.17, 15) is 19.5 Å². The molecular formula is C21H31N2O7-. The van der Waals surface area contributed by atoms with Gasteiger partial charge in [0, 0.05) is 18.7 Å². The monoisotopic (exact) mass is 423 g/mol. The van der Waals surface area contributed by atoms with Gasteiger partial charge in [-0.2, -0.15) is 0 Å². The zero-order valence-electron chi connectivity index (χ0n) is 18.3. The van der Waals surface area contributed by atoms with Crippen LogP contribution < -0.4 is 20.5 Å². The van der Waals surface area contributed by atoms with Gasteiger partial charge in [0.05, 0.1) is 26.4 Å². The Labute approximate surface area is 177 Å². The maximum atomic E-state index is 12.2.